The van der Waals surface area contributed by atoms with Crippen molar-refractivity contribution in [2.45, 2.75) is 0 Å². The fraction of sp³-hybridized carbons (Fsp3) is 0. The third kappa shape index (κ3) is 0.823. The molecular weight excluding hydrogens is 164 g/mol. The van der Waals surface area contributed by atoms with Crippen molar-refractivity contribution >= 4 is 21.8 Å². The molecule has 13 heavy (non-hydrogen) atoms. The van der Waals surface area contributed by atoms with Crippen LogP contribution in [0.4, 0.5) is 0 Å². The fourth-order valence-corrected chi connectivity index (χ4v) is 1.51. The highest BCUT2D eigenvalue weighted by atomic mass is 15.3. The van der Waals surface area contributed by atoms with E-state index in [0.29, 0.717) is 0 Å². The second-order valence-corrected chi connectivity index (χ2v) is 2.85. The molecule has 0 atom stereocenters. The Balaban J connectivity index is 2.65. The number of nitrogens with zero attached hydrogens (tertiary/aromatic N) is 3. The van der Waals surface area contributed by atoms with Gasteiger partial charge in [-0.2, -0.15) is 0 Å². The number of benzene rings is 1. The van der Waals surface area contributed by atoms with Gasteiger partial charge in [-0.3, -0.25) is 10.1 Å². The zero-order valence-electron chi connectivity index (χ0n) is 6.73. The predicted molar refractivity (Wildman–Crippen MR) is 49.2 cm³/mol. The minimum absolute atomic E-state index is 0.888. The van der Waals surface area contributed by atoms with Gasteiger partial charge in [0, 0.05) is 23.2 Å². The van der Waals surface area contributed by atoms with E-state index < -0.39 is 0 Å². The van der Waals surface area contributed by atoms with Crippen LogP contribution in [0.15, 0.2) is 30.6 Å². The van der Waals surface area contributed by atoms with Crippen molar-refractivity contribution in [3.8, 4) is 0 Å². The predicted octanol–water partition coefficient (Wildman–Crippen LogP) is 1.51. The number of fused-ring (bicyclic) bond motifs is 3. The van der Waals surface area contributed by atoms with Crippen molar-refractivity contribution in [2.24, 2.45) is 0 Å². The van der Waals surface area contributed by atoms with Crippen molar-refractivity contribution in [3.05, 3.63) is 30.6 Å². The molecule has 0 aliphatic carbocycles. The van der Waals surface area contributed by atoms with Crippen LogP contribution in [0.25, 0.3) is 21.8 Å². The molecule has 0 spiro atoms. The molecule has 4 heteroatoms. The van der Waals surface area contributed by atoms with E-state index in [0.717, 1.165) is 21.8 Å². The van der Waals surface area contributed by atoms with Gasteiger partial charge in [-0.25, -0.2) is 0 Å². The quantitative estimate of drug-likeness (QED) is 0.556. The highest BCUT2D eigenvalue weighted by Crippen LogP contribution is 2.21. The first-order valence-electron chi connectivity index (χ1n) is 3.99. The van der Waals surface area contributed by atoms with Crippen LogP contribution in [-0.2, 0) is 0 Å². The summed E-state index contributed by atoms with van der Waals surface area (Å²) in [6.45, 7) is 0. The van der Waals surface area contributed by atoms with Crippen LogP contribution in [0.3, 0.4) is 0 Å². The van der Waals surface area contributed by atoms with Gasteiger partial charge in [0.05, 0.1) is 11.0 Å². The van der Waals surface area contributed by atoms with Gasteiger partial charge in [0.25, 0.3) is 0 Å². The van der Waals surface area contributed by atoms with Crippen LogP contribution in [-0.4, -0.2) is 20.4 Å². The molecule has 0 radical (unpaired) electrons. The molecule has 0 unspecified atom stereocenters. The van der Waals surface area contributed by atoms with E-state index in [1.165, 1.54) is 0 Å². The molecule has 0 aliphatic rings. The summed E-state index contributed by atoms with van der Waals surface area (Å²) in [4.78, 5) is 4.21. The lowest BCUT2D eigenvalue weighted by atomic mass is 10.2. The van der Waals surface area contributed by atoms with Crippen molar-refractivity contribution in [2.75, 3.05) is 0 Å². The van der Waals surface area contributed by atoms with Gasteiger partial charge in [-0.05, 0) is 18.2 Å². The van der Waals surface area contributed by atoms with E-state index in [1.54, 1.807) is 6.20 Å². The van der Waals surface area contributed by atoms with Gasteiger partial charge in [0.1, 0.15) is 0 Å². The first-order chi connectivity index (χ1) is 6.45. The Morgan fingerprint density at radius 2 is 1.92 bits per heavy atom. The summed E-state index contributed by atoms with van der Waals surface area (Å²) in [5.41, 5.74) is 1.88. The number of rotatable bonds is 0. The zero-order chi connectivity index (χ0) is 8.67. The summed E-state index contributed by atoms with van der Waals surface area (Å²) in [5.74, 6) is 0. The largest absolute Gasteiger partial charge is 0.266 e. The third-order valence-electron chi connectivity index (χ3n) is 2.12. The standard InChI is InChI=1S/C9H6N4/c1-2-9-7(5-11-13-12-9)6-3-4-10-8(1)6/h1-5H,(H,11,12). The lowest BCUT2D eigenvalue weighted by Gasteiger charge is -1.95. The minimum Gasteiger partial charge on any atom is -0.266 e. The molecule has 0 saturated heterocycles. The monoisotopic (exact) mass is 170 g/mol. The lowest BCUT2D eigenvalue weighted by Crippen LogP contribution is -1.86. The van der Waals surface area contributed by atoms with Crippen LogP contribution in [0.5, 0.6) is 0 Å². The van der Waals surface area contributed by atoms with E-state index in [1.807, 2.05) is 24.4 Å². The zero-order valence-corrected chi connectivity index (χ0v) is 6.73. The smallest absolute Gasteiger partial charge is 0.0969 e. The molecule has 0 fully saturated rings. The molecular formula is C9H6N4. The maximum Gasteiger partial charge on any atom is 0.0969 e. The highest BCUT2D eigenvalue weighted by Gasteiger charge is 2.01. The van der Waals surface area contributed by atoms with E-state index in [9.17, 15) is 0 Å². The summed E-state index contributed by atoms with van der Waals surface area (Å²) in [7, 11) is 0. The van der Waals surface area contributed by atoms with Crippen LogP contribution < -0.4 is 0 Å². The van der Waals surface area contributed by atoms with E-state index in [4.69, 9.17) is 0 Å². The molecule has 1 aromatic carbocycles. The van der Waals surface area contributed by atoms with Crippen LogP contribution in [0, 0.1) is 0 Å². The number of aromatic nitrogens is 4. The van der Waals surface area contributed by atoms with Crippen molar-refractivity contribution in [1.82, 2.24) is 20.4 Å². The summed E-state index contributed by atoms with van der Waals surface area (Å²) < 4.78 is 0. The van der Waals surface area contributed by atoms with E-state index >= 15 is 0 Å². The normalized spacial score (nSPS) is 11.1. The topological polar surface area (TPSA) is 54.5 Å². The Bertz CT molecular complexity index is 570. The Hall–Kier alpha value is -1.97. The highest BCUT2D eigenvalue weighted by molar-refractivity contribution is 6.04. The molecule has 0 amide bonds. The van der Waals surface area contributed by atoms with Gasteiger partial charge in [0.2, 0.25) is 0 Å². The van der Waals surface area contributed by atoms with Gasteiger partial charge in [-0.1, -0.05) is 5.21 Å². The number of hydrogen-bond acceptors (Lipinski definition) is 3. The van der Waals surface area contributed by atoms with Crippen LogP contribution in [0.2, 0.25) is 0 Å². The molecule has 3 aromatic rings. The molecule has 0 aliphatic heterocycles. The number of hydrogen-bond donors (Lipinski definition) is 1. The number of aromatic amines is 1. The molecule has 0 bridgehead atoms. The Morgan fingerprint density at radius 3 is 2.92 bits per heavy atom. The average molecular weight is 170 g/mol. The second-order valence-electron chi connectivity index (χ2n) is 2.85. The summed E-state index contributed by atoms with van der Waals surface area (Å²) >= 11 is 0. The Kier molecular flexibility index (Phi) is 1.14. The first kappa shape index (κ1) is 6.54. The van der Waals surface area contributed by atoms with Gasteiger partial charge < -0.3 is 0 Å². The van der Waals surface area contributed by atoms with E-state index in [2.05, 4.69) is 20.4 Å². The van der Waals surface area contributed by atoms with Crippen molar-refractivity contribution < 1.29 is 0 Å². The second kappa shape index (κ2) is 2.26. The SMILES string of the molecule is c1cc2c(ccc3nn[nH]cc32)n1. The van der Waals surface area contributed by atoms with Gasteiger partial charge >= 0.3 is 0 Å². The summed E-state index contributed by atoms with van der Waals surface area (Å²) in [5, 5.41) is 12.6. The average Bonchev–Trinajstić information content (AvgIpc) is 2.65. The molecule has 2 heterocycles. The molecule has 3 rings (SSSR count). The van der Waals surface area contributed by atoms with E-state index in [-0.39, 0.29) is 0 Å². The maximum atomic E-state index is 4.21. The summed E-state index contributed by atoms with van der Waals surface area (Å²) in [6, 6.07) is 5.85. The molecule has 0 saturated carbocycles. The minimum atomic E-state index is 0.888. The summed E-state index contributed by atoms with van der Waals surface area (Å²) in [6.07, 6.45) is 3.64. The first-order valence-corrected chi connectivity index (χ1v) is 3.99. The number of nitrogens with one attached hydrogen (secondary N) is 1. The molecule has 1 N–H and O–H groups in total. The molecule has 62 valence electrons. The van der Waals surface area contributed by atoms with Gasteiger partial charge in [0.15, 0.2) is 0 Å². The maximum absolute atomic E-state index is 4.21. The fourth-order valence-electron chi connectivity index (χ4n) is 1.51. The molecule has 4 nitrogen and oxygen atoms in total. The van der Waals surface area contributed by atoms with Crippen molar-refractivity contribution in [1.29, 1.82) is 0 Å². The van der Waals surface area contributed by atoms with Crippen LogP contribution in [0.1, 0.15) is 0 Å². The Morgan fingerprint density at radius 1 is 1.00 bits per heavy atom. The lowest BCUT2D eigenvalue weighted by molar-refractivity contribution is 0.896. The molecule has 2 aromatic heterocycles. The van der Waals surface area contributed by atoms with Crippen LogP contribution >= 0.6 is 0 Å². The van der Waals surface area contributed by atoms with Crippen molar-refractivity contribution in [3.63, 3.8) is 0 Å². The Labute approximate surface area is 73.6 Å². The van der Waals surface area contributed by atoms with Gasteiger partial charge in [-0.15, -0.1) is 5.10 Å². The third-order valence-corrected chi connectivity index (χ3v) is 2.12. The number of H-pyrrole nitrogens is 1.